The molecule has 0 bridgehead atoms. The summed E-state index contributed by atoms with van der Waals surface area (Å²) >= 11 is 0. The van der Waals surface area contributed by atoms with E-state index in [-0.39, 0.29) is 18.0 Å². The zero-order chi connectivity index (χ0) is 10.0. The van der Waals surface area contributed by atoms with Gasteiger partial charge in [0.05, 0.1) is 6.04 Å². The molecule has 0 aromatic rings. The first-order valence-electron chi connectivity index (χ1n) is 4.73. The lowest BCUT2D eigenvalue weighted by molar-refractivity contribution is -0.130. The van der Waals surface area contributed by atoms with E-state index in [0.717, 1.165) is 19.5 Å². The molecule has 0 aromatic carbocycles. The monoisotopic (exact) mass is 185 g/mol. The number of amides is 1. The molecule has 2 N–H and O–H groups in total. The Morgan fingerprint density at radius 3 is 2.77 bits per heavy atom. The van der Waals surface area contributed by atoms with Crippen LogP contribution in [0, 0.1) is 0 Å². The Morgan fingerprint density at radius 1 is 1.77 bits per heavy atom. The number of nitrogens with two attached hydrogens (primary N) is 1. The summed E-state index contributed by atoms with van der Waals surface area (Å²) in [6.45, 7) is 3.61. The van der Waals surface area contributed by atoms with Gasteiger partial charge in [-0.3, -0.25) is 9.69 Å². The van der Waals surface area contributed by atoms with Crippen LogP contribution in [0.25, 0.3) is 0 Å². The first kappa shape index (κ1) is 10.5. The third-order valence-corrected chi connectivity index (χ3v) is 2.51. The average Bonchev–Trinajstić information content (AvgIpc) is 2.31. The lowest BCUT2D eigenvalue weighted by Gasteiger charge is -2.24. The van der Waals surface area contributed by atoms with E-state index in [4.69, 9.17) is 5.73 Å². The zero-order valence-corrected chi connectivity index (χ0v) is 8.66. The zero-order valence-electron chi connectivity index (χ0n) is 8.66. The summed E-state index contributed by atoms with van der Waals surface area (Å²) < 4.78 is 0. The van der Waals surface area contributed by atoms with Crippen molar-refractivity contribution < 1.29 is 4.79 Å². The predicted molar refractivity (Wildman–Crippen MR) is 52.3 cm³/mol. The molecule has 4 heteroatoms. The summed E-state index contributed by atoms with van der Waals surface area (Å²) in [6.07, 6.45) is 0.929. The quantitative estimate of drug-likeness (QED) is 0.644. The summed E-state index contributed by atoms with van der Waals surface area (Å²) in [4.78, 5) is 15.4. The molecule has 1 aliphatic rings. The van der Waals surface area contributed by atoms with Crippen LogP contribution in [0.4, 0.5) is 0 Å². The molecule has 0 spiro atoms. The second-order valence-electron chi connectivity index (χ2n) is 3.98. The molecule has 2 atom stereocenters. The SMILES string of the molecule is CC(N)CN(C)C1CCN(C)C1=O. The van der Waals surface area contributed by atoms with Gasteiger partial charge in [-0.1, -0.05) is 0 Å². The van der Waals surface area contributed by atoms with Crippen molar-refractivity contribution in [1.82, 2.24) is 9.80 Å². The minimum atomic E-state index is 0.0519. The number of nitrogens with zero attached hydrogens (tertiary/aromatic N) is 2. The number of carbonyl (C=O) groups excluding carboxylic acids is 1. The fourth-order valence-electron chi connectivity index (χ4n) is 1.79. The molecule has 4 nitrogen and oxygen atoms in total. The molecule has 1 rings (SSSR count). The second-order valence-corrected chi connectivity index (χ2v) is 3.98. The molecule has 2 unspecified atom stereocenters. The summed E-state index contributed by atoms with van der Waals surface area (Å²) in [6, 6.07) is 0.180. The van der Waals surface area contributed by atoms with E-state index in [9.17, 15) is 4.79 Å². The van der Waals surface area contributed by atoms with Crippen molar-refractivity contribution in [2.75, 3.05) is 27.2 Å². The number of likely N-dealkylation sites (tertiary alicyclic amines) is 1. The van der Waals surface area contributed by atoms with Gasteiger partial charge in [-0.05, 0) is 20.4 Å². The van der Waals surface area contributed by atoms with E-state index in [2.05, 4.69) is 4.90 Å². The molecule has 1 aliphatic heterocycles. The fraction of sp³-hybridized carbons (Fsp3) is 0.889. The van der Waals surface area contributed by atoms with Crippen molar-refractivity contribution in [3.8, 4) is 0 Å². The smallest absolute Gasteiger partial charge is 0.239 e. The Hall–Kier alpha value is -0.610. The molecule has 0 aliphatic carbocycles. The van der Waals surface area contributed by atoms with Crippen molar-refractivity contribution in [3.05, 3.63) is 0 Å². The van der Waals surface area contributed by atoms with Crippen LogP contribution >= 0.6 is 0 Å². The normalized spacial score (nSPS) is 25.8. The minimum absolute atomic E-state index is 0.0519. The van der Waals surface area contributed by atoms with Gasteiger partial charge in [-0.2, -0.15) is 0 Å². The number of hydrogen-bond acceptors (Lipinski definition) is 3. The predicted octanol–water partition coefficient (Wildman–Crippen LogP) is -0.504. The number of hydrogen-bond donors (Lipinski definition) is 1. The molecule has 0 saturated carbocycles. The van der Waals surface area contributed by atoms with E-state index >= 15 is 0 Å². The molecule has 0 radical (unpaired) electrons. The molecule has 1 heterocycles. The Bertz CT molecular complexity index is 193. The standard InChI is InChI=1S/C9H19N3O/c1-7(10)6-12(3)8-4-5-11(2)9(8)13/h7-8H,4-6,10H2,1-3H3. The van der Waals surface area contributed by atoms with Gasteiger partial charge in [0.25, 0.3) is 0 Å². The van der Waals surface area contributed by atoms with Gasteiger partial charge < -0.3 is 10.6 Å². The van der Waals surface area contributed by atoms with Crippen molar-refractivity contribution in [2.45, 2.75) is 25.4 Å². The number of rotatable bonds is 3. The molecule has 1 saturated heterocycles. The van der Waals surface area contributed by atoms with Crippen LogP contribution < -0.4 is 5.73 Å². The van der Waals surface area contributed by atoms with Crippen LogP contribution in [0.15, 0.2) is 0 Å². The number of likely N-dealkylation sites (N-methyl/N-ethyl adjacent to an activating group) is 2. The van der Waals surface area contributed by atoms with Crippen LogP contribution in [-0.2, 0) is 4.79 Å². The number of carbonyl (C=O) groups is 1. The summed E-state index contributed by atoms with van der Waals surface area (Å²) in [5.74, 6) is 0.225. The van der Waals surface area contributed by atoms with Crippen molar-refractivity contribution >= 4 is 5.91 Å². The van der Waals surface area contributed by atoms with Crippen LogP contribution in [0.3, 0.4) is 0 Å². The summed E-state index contributed by atoms with van der Waals surface area (Å²) in [5.41, 5.74) is 5.67. The van der Waals surface area contributed by atoms with Crippen molar-refractivity contribution in [3.63, 3.8) is 0 Å². The topological polar surface area (TPSA) is 49.6 Å². The van der Waals surface area contributed by atoms with Gasteiger partial charge in [-0.15, -0.1) is 0 Å². The third kappa shape index (κ3) is 2.42. The van der Waals surface area contributed by atoms with Crippen LogP contribution in [0.5, 0.6) is 0 Å². The van der Waals surface area contributed by atoms with E-state index < -0.39 is 0 Å². The van der Waals surface area contributed by atoms with Crippen LogP contribution in [0.1, 0.15) is 13.3 Å². The van der Waals surface area contributed by atoms with Crippen molar-refractivity contribution in [2.24, 2.45) is 5.73 Å². The van der Waals surface area contributed by atoms with E-state index in [1.165, 1.54) is 0 Å². The van der Waals surface area contributed by atoms with E-state index in [1.807, 2.05) is 21.0 Å². The summed E-state index contributed by atoms with van der Waals surface area (Å²) in [5, 5.41) is 0. The Kier molecular flexibility index (Phi) is 3.27. The highest BCUT2D eigenvalue weighted by Crippen LogP contribution is 2.14. The maximum atomic E-state index is 11.6. The van der Waals surface area contributed by atoms with Crippen LogP contribution in [-0.4, -0.2) is 55.0 Å². The highest BCUT2D eigenvalue weighted by Gasteiger charge is 2.32. The second kappa shape index (κ2) is 4.07. The average molecular weight is 185 g/mol. The Morgan fingerprint density at radius 2 is 2.38 bits per heavy atom. The maximum absolute atomic E-state index is 11.6. The van der Waals surface area contributed by atoms with Gasteiger partial charge in [0, 0.05) is 26.2 Å². The Balaban J connectivity index is 2.48. The first-order chi connectivity index (χ1) is 6.02. The van der Waals surface area contributed by atoms with E-state index in [1.54, 1.807) is 4.90 Å². The first-order valence-corrected chi connectivity index (χ1v) is 4.73. The lowest BCUT2D eigenvalue weighted by Crippen LogP contribution is -2.43. The molecular weight excluding hydrogens is 166 g/mol. The third-order valence-electron chi connectivity index (χ3n) is 2.51. The minimum Gasteiger partial charge on any atom is -0.344 e. The molecule has 76 valence electrons. The van der Waals surface area contributed by atoms with Gasteiger partial charge >= 0.3 is 0 Å². The van der Waals surface area contributed by atoms with Gasteiger partial charge in [0.1, 0.15) is 0 Å². The fourth-order valence-corrected chi connectivity index (χ4v) is 1.79. The molecule has 1 fully saturated rings. The van der Waals surface area contributed by atoms with E-state index in [0.29, 0.717) is 0 Å². The Labute approximate surface area is 79.7 Å². The molecular formula is C9H19N3O. The van der Waals surface area contributed by atoms with Crippen molar-refractivity contribution in [1.29, 1.82) is 0 Å². The maximum Gasteiger partial charge on any atom is 0.239 e. The highest BCUT2D eigenvalue weighted by molar-refractivity contribution is 5.83. The van der Waals surface area contributed by atoms with Gasteiger partial charge in [0.2, 0.25) is 5.91 Å². The van der Waals surface area contributed by atoms with Crippen LogP contribution in [0.2, 0.25) is 0 Å². The van der Waals surface area contributed by atoms with Gasteiger partial charge in [-0.25, -0.2) is 0 Å². The molecule has 13 heavy (non-hydrogen) atoms. The largest absolute Gasteiger partial charge is 0.344 e. The van der Waals surface area contributed by atoms with Gasteiger partial charge in [0.15, 0.2) is 0 Å². The summed E-state index contributed by atoms with van der Waals surface area (Å²) in [7, 11) is 3.81. The lowest BCUT2D eigenvalue weighted by atomic mass is 10.2. The highest BCUT2D eigenvalue weighted by atomic mass is 16.2. The molecule has 1 amide bonds. The molecule has 0 aromatic heterocycles.